The van der Waals surface area contributed by atoms with Crippen LogP contribution in [-0.4, -0.2) is 32.4 Å². The van der Waals surface area contributed by atoms with E-state index in [-0.39, 0.29) is 12.4 Å². The molecule has 2 N–H and O–H groups in total. The Bertz CT molecular complexity index is 972. The zero-order chi connectivity index (χ0) is 15.3. The molecule has 0 spiro atoms. The van der Waals surface area contributed by atoms with Gasteiger partial charge in [0, 0.05) is 12.3 Å². The molecule has 0 amide bonds. The molecule has 0 saturated carbocycles. The van der Waals surface area contributed by atoms with Crippen LogP contribution in [0.3, 0.4) is 0 Å². The SMILES string of the molecule is O=C(O)c1cnc2c(c1)[nH]c(=O)n2-c1ccc2c(c1)OCO2. The minimum atomic E-state index is -1.11. The summed E-state index contributed by atoms with van der Waals surface area (Å²) in [5.41, 5.74) is 0.836. The molecule has 0 atom stereocenters. The number of carboxylic acid groups (broad SMARTS) is 1. The van der Waals surface area contributed by atoms with Gasteiger partial charge < -0.3 is 19.6 Å². The van der Waals surface area contributed by atoms with Crippen molar-refractivity contribution in [3.05, 3.63) is 46.5 Å². The first-order valence-electron chi connectivity index (χ1n) is 6.37. The molecule has 0 radical (unpaired) electrons. The van der Waals surface area contributed by atoms with E-state index in [1.165, 1.54) is 16.8 Å². The highest BCUT2D eigenvalue weighted by Gasteiger charge is 2.17. The molecule has 8 nitrogen and oxygen atoms in total. The largest absolute Gasteiger partial charge is 0.478 e. The monoisotopic (exact) mass is 299 g/mol. The number of fused-ring (bicyclic) bond motifs is 2. The Balaban J connectivity index is 1.93. The summed E-state index contributed by atoms with van der Waals surface area (Å²) in [6, 6.07) is 6.45. The van der Waals surface area contributed by atoms with Crippen molar-refractivity contribution >= 4 is 17.1 Å². The van der Waals surface area contributed by atoms with Gasteiger partial charge in [0.05, 0.1) is 16.8 Å². The number of aromatic nitrogens is 3. The van der Waals surface area contributed by atoms with Crippen LogP contribution < -0.4 is 15.2 Å². The lowest BCUT2D eigenvalue weighted by molar-refractivity contribution is 0.0696. The number of ether oxygens (including phenoxy) is 2. The lowest BCUT2D eigenvalue weighted by atomic mass is 10.2. The van der Waals surface area contributed by atoms with Crippen LogP contribution in [0.4, 0.5) is 0 Å². The molecular formula is C14H9N3O5. The van der Waals surface area contributed by atoms with Crippen LogP contribution in [0.1, 0.15) is 10.4 Å². The molecule has 0 fully saturated rings. The number of hydrogen-bond donors (Lipinski definition) is 2. The summed E-state index contributed by atoms with van der Waals surface area (Å²) in [6.45, 7) is 0.141. The highest BCUT2D eigenvalue weighted by Crippen LogP contribution is 2.33. The first kappa shape index (κ1) is 12.5. The summed E-state index contributed by atoms with van der Waals surface area (Å²) in [6.07, 6.45) is 1.21. The maximum Gasteiger partial charge on any atom is 0.337 e. The maximum atomic E-state index is 12.2. The minimum absolute atomic E-state index is 0.00610. The molecule has 3 heterocycles. The Hall–Kier alpha value is -3.29. The molecule has 0 bridgehead atoms. The van der Waals surface area contributed by atoms with Crippen LogP contribution in [0.5, 0.6) is 11.5 Å². The van der Waals surface area contributed by atoms with Crippen molar-refractivity contribution < 1.29 is 19.4 Å². The van der Waals surface area contributed by atoms with Crippen molar-refractivity contribution in [2.45, 2.75) is 0 Å². The number of benzene rings is 1. The zero-order valence-electron chi connectivity index (χ0n) is 11.1. The van der Waals surface area contributed by atoms with Gasteiger partial charge in [-0.2, -0.15) is 0 Å². The molecule has 1 aromatic carbocycles. The van der Waals surface area contributed by atoms with E-state index in [1.54, 1.807) is 18.2 Å². The molecule has 1 aliphatic heterocycles. The average Bonchev–Trinajstić information content (AvgIpc) is 3.08. The van der Waals surface area contributed by atoms with E-state index in [9.17, 15) is 9.59 Å². The lowest BCUT2D eigenvalue weighted by Gasteiger charge is -2.04. The average molecular weight is 299 g/mol. The van der Waals surface area contributed by atoms with Gasteiger partial charge in [-0.05, 0) is 18.2 Å². The van der Waals surface area contributed by atoms with Gasteiger partial charge in [0.2, 0.25) is 6.79 Å². The maximum absolute atomic E-state index is 12.2. The van der Waals surface area contributed by atoms with Crippen molar-refractivity contribution in [2.75, 3.05) is 6.79 Å². The first-order chi connectivity index (χ1) is 10.6. The summed E-state index contributed by atoms with van der Waals surface area (Å²) in [4.78, 5) is 29.8. The number of hydrogen-bond acceptors (Lipinski definition) is 5. The molecule has 22 heavy (non-hydrogen) atoms. The van der Waals surface area contributed by atoms with Crippen LogP contribution in [0.15, 0.2) is 35.3 Å². The standard InChI is InChI=1S/C14H9N3O5/c18-13(19)7-3-9-12(15-5-7)17(14(20)16-9)8-1-2-10-11(4-8)22-6-21-10/h1-5H,6H2,(H,16,20)(H,18,19). The second kappa shape index (κ2) is 4.35. The fourth-order valence-corrected chi connectivity index (χ4v) is 2.38. The molecule has 4 rings (SSSR count). The number of nitrogens with zero attached hydrogens (tertiary/aromatic N) is 2. The summed E-state index contributed by atoms with van der Waals surface area (Å²) in [5, 5.41) is 8.97. The molecule has 0 aliphatic carbocycles. The Morgan fingerprint density at radius 1 is 1.27 bits per heavy atom. The highest BCUT2D eigenvalue weighted by atomic mass is 16.7. The van der Waals surface area contributed by atoms with Crippen molar-refractivity contribution in [3.63, 3.8) is 0 Å². The van der Waals surface area contributed by atoms with Crippen LogP contribution in [-0.2, 0) is 0 Å². The fraction of sp³-hybridized carbons (Fsp3) is 0.0714. The Labute approximate surface area is 122 Å². The van der Waals surface area contributed by atoms with Crippen molar-refractivity contribution in [3.8, 4) is 17.2 Å². The van der Waals surface area contributed by atoms with E-state index >= 15 is 0 Å². The lowest BCUT2D eigenvalue weighted by Crippen LogP contribution is -2.14. The number of imidazole rings is 1. The predicted octanol–water partition coefficient (Wildman–Crippen LogP) is 1.14. The number of carboxylic acids is 1. The van der Waals surface area contributed by atoms with E-state index < -0.39 is 11.7 Å². The summed E-state index contributed by atoms with van der Waals surface area (Å²) < 4.78 is 11.9. The molecule has 110 valence electrons. The van der Waals surface area contributed by atoms with E-state index in [0.29, 0.717) is 28.4 Å². The van der Waals surface area contributed by atoms with Crippen molar-refractivity contribution in [1.29, 1.82) is 0 Å². The third kappa shape index (κ3) is 1.74. The Morgan fingerprint density at radius 3 is 2.91 bits per heavy atom. The van der Waals surface area contributed by atoms with Gasteiger partial charge in [-0.3, -0.25) is 0 Å². The molecule has 1 aliphatic rings. The number of aromatic amines is 1. The third-order valence-electron chi connectivity index (χ3n) is 3.38. The van der Waals surface area contributed by atoms with E-state index in [2.05, 4.69) is 9.97 Å². The van der Waals surface area contributed by atoms with E-state index in [0.717, 1.165) is 0 Å². The Kier molecular flexibility index (Phi) is 2.46. The summed E-state index contributed by atoms with van der Waals surface area (Å²) in [7, 11) is 0. The normalized spacial score (nSPS) is 12.7. The van der Waals surface area contributed by atoms with Gasteiger partial charge in [-0.15, -0.1) is 0 Å². The van der Waals surface area contributed by atoms with Crippen molar-refractivity contribution in [2.24, 2.45) is 0 Å². The summed E-state index contributed by atoms with van der Waals surface area (Å²) >= 11 is 0. The van der Waals surface area contributed by atoms with Gasteiger partial charge in [0.25, 0.3) is 0 Å². The van der Waals surface area contributed by atoms with Gasteiger partial charge in [-0.1, -0.05) is 0 Å². The van der Waals surface area contributed by atoms with Gasteiger partial charge in [0.1, 0.15) is 0 Å². The van der Waals surface area contributed by atoms with Gasteiger partial charge in [0.15, 0.2) is 17.1 Å². The van der Waals surface area contributed by atoms with Crippen LogP contribution in [0.2, 0.25) is 0 Å². The summed E-state index contributed by atoms with van der Waals surface area (Å²) in [5.74, 6) is 0.0461. The Morgan fingerprint density at radius 2 is 2.09 bits per heavy atom. The third-order valence-corrected chi connectivity index (χ3v) is 3.38. The highest BCUT2D eigenvalue weighted by molar-refractivity contribution is 5.91. The number of H-pyrrole nitrogens is 1. The first-order valence-corrected chi connectivity index (χ1v) is 6.37. The number of nitrogens with one attached hydrogen (secondary N) is 1. The predicted molar refractivity (Wildman–Crippen MR) is 74.8 cm³/mol. The molecule has 3 aromatic rings. The smallest absolute Gasteiger partial charge is 0.337 e. The van der Waals surface area contributed by atoms with Crippen LogP contribution in [0, 0.1) is 0 Å². The van der Waals surface area contributed by atoms with E-state index in [1.807, 2.05) is 0 Å². The topological polar surface area (TPSA) is 106 Å². The molecular weight excluding hydrogens is 290 g/mol. The number of aromatic carboxylic acids is 1. The molecule has 0 unspecified atom stereocenters. The number of carbonyl (C=O) groups is 1. The van der Waals surface area contributed by atoms with Crippen molar-refractivity contribution in [1.82, 2.24) is 14.5 Å². The molecule has 2 aromatic heterocycles. The number of rotatable bonds is 2. The second-order valence-corrected chi connectivity index (χ2v) is 4.70. The minimum Gasteiger partial charge on any atom is -0.478 e. The van der Waals surface area contributed by atoms with Gasteiger partial charge in [-0.25, -0.2) is 19.1 Å². The molecule has 0 saturated heterocycles. The van der Waals surface area contributed by atoms with Crippen LogP contribution in [0.25, 0.3) is 16.9 Å². The molecule has 8 heteroatoms. The second-order valence-electron chi connectivity index (χ2n) is 4.70. The quantitative estimate of drug-likeness (QED) is 0.735. The van der Waals surface area contributed by atoms with Crippen LogP contribution >= 0.6 is 0 Å². The van der Waals surface area contributed by atoms with Gasteiger partial charge >= 0.3 is 11.7 Å². The fourth-order valence-electron chi connectivity index (χ4n) is 2.38. The number of pyridine rings is 1. The van der Waals surface area contributed by atoms with E-state index in [4.69, 9.17) is 14.6 Å². The zero-order valence-corrected chi connectivity index (χ0v) is 11.1.